The monoisotopic (exact) mass is 1250 g/mol. The van der Waals surface area contributed by atoms with E-state index in [2.05, 4.69) is 20.4 Å². The number of amides is 4. The number of benzene rings is 6. The summed E-state index contributed by atoms with van der Waals surface area (Å²) in [5, 5.41) is 8.46. The third-order valence-electron chi connectivity index (χ3n) is 14.5. The van der Waals surface area contributed by atoms with Crippen molar-refractivity contribution in [2.24, 2.45) is 27.4 Å². The number of nitrogens with two attached hydrogens (primary N) is 3. The molecule has 6 aromatic carbocycles. The van der Waals surface area contributed by atoms with Gasteiger partial charge in [-0.15, -0.1) is 0 Å². The van der Waals surface area contributed by atoms with E-state index in [0.29, 0.717) is 99.8 Å². The van der Waals surface area contributed by atoms with E-state index in [-0.39, 0.29) is 86.8 Å². The van der Waals surface area contributed by atoms with Crippen LogP contribution < -0.4 is 51.9 Å². The third kappa shape index (κ3) is 21.4. The van der Waals surface area contributed by atoms with Crippen LogP contribution in [0.2, 0.25) is 0 Å². The molecule has 7 aliphatic heterocycles. The number of nitrogens with one attached hydrogen (secondary N) is 2. The lowest BCUT2D eigenvalue weighted by Crippen LogP contribution is -2.35. The van der Waals surface area contributed by atoms with E-state index >= 15 is 0 Å². The molecular weight excluding hydrogens is 1170 g/mol. The Labute approximate surface area is 525 Å². The Balaban J connectivity index is 0.936. The zero-order valence-corrected chi connectivity index (χ0v) is 52.7. The summed E-state index contributed by atoms with van der Waals surface area (Å²) in [5.74, 6) is -0.0409. The van der Waals surface area contributed by atoms with Crippen LogP contribution in [0.25, 0.3) is 0 Å². The van der Waals surface area contributed by atoms with Crippen LogP contribution in [0.3, 0.4) is 0 Å². The van der Waals surface area contributed by atoms with Crippen molar-refractivity contribution in [2.75, 3.05) is 109 Å². The summed E-state index contributed by atoms with van der Waals surface area (Å²) in [6.45, 7) is 2.81. The normalized spacial score (nSPS) is 13.7. The molecule has 8 N–H and O–H groups in total. The Morgan fingerprint density at radius 2 is 0.818 bits per heavy atom. The van der Waals surface area contributed by atoms with Gasteiger partial charge in [-0.3, -0.25) is 24.0 Å². The highest BCUT2D eigenvalue weighted by molar-refractivity contribution is 8.76. The van der Waals surface area contributed by atoms with Crippen LogP contribution in [0.5, 0.6) is 0 Å². The highest BCUT2D eigenvalue weighted by Gasteiger charge is 2.22. The maximum atomic E-state index is 14.1. The lowest BCUT2D eigenvalue weighted by Gasteiger charge is -2.26. The molecule has 13 rings (SSSR count). The molecular formula is C65H82N12O8S3. The number of hydroxylamine groups is 1. The van der Waals surface area contributed by atoms with Crippen LogP contribution in [0.4, 0.5) is 39.8 Å². The number of nitrogens with zero attached hydrogens (tertiary/aromatic N) is 7. The third-order valence-corrected chi connectivity index (χ3v) is 18.4. The minimum atomic E-state index is -3.74. The molecule has 0 saturated heterocycles. The number of hydrogen-bond acceptors (Lipinski definition) is 17. The molecule has 0 radical (unpaired) electrons. The van der Waals surface area contributed by atoms with E-state index in [9.17, 15) is 32.4 Å². The lowest BCUT2D eigenvalue weighted by atomic mass is 10.0. The van der Waals surface area contributed by atoms with Gasteiger partial charge in [-0.2, -0.15) is 15.7 Å². The summed E-state index contributed by atoms with van der Waals surface area (Å²) in [5.41, 5.74) is 29.5. The molecule has 88 heavy (non-hydrogen) atoms. The number of carbonyl (C=O) groups is 5. The number of rotatable bonds is 22. The van der Waals surface area contributed by atoms with E-state index in [1.807, 2.05) is 140 Å². The molecule has 4 amide bonds. The van der Waals surface area contributed by atoms with Crippen LogP contribution >= 0.6 is 21.6 Å². The van der Waals surface area contributed by atoms with Crippen molar-refractivity contribution in [1.82, 2.24) is 10.2 Å². The molecule has 0 atom stereocenters. The molecule has 0 aliphatic carbocycles. The SMILES string of the molecule is CN(C)c1ccc(N=Nc2ccc(S(=O)(=O)NCCSSCCNOC(=O)CCC(=O)N3CCCCN(C(=O)CCN)c4ccc(cc4)Cc4ccc(cc4)N(C(=O)CCN)CCCCN(C(=O)CCN)c4ccc(cc4)Cc4ccc3cc4)cc2)cc1. The van der Waals surface area contributed by atoms with Crippen LogP contribution in [0, 0.1) is 0 Å². The van der Waals surface area contributed by atoms with Crippen molar-refractivity contribution in [3.8, 4) is 0 Å². The zero-order chi connectivity index (χ0) is 62.7. The fraction of sp³-hybridized carbons (Fsp3) is 0.369. The van der Waals surface area contributed by atoms with Crippen molar-refractivity contribution in [3.05, 3.63) is 168 Å². The summed E-state index contributed by atoms with van der Waals surface area (Å²) in [6.07, 6.45) is 3.93. The van der Waals surface area contributed by atoms with Crippen LogP contribution in [0.1, 0.15) is 80.0 Å². The van der Waals surface area contributed by atoms with Crippen molar-refractivity contribution >= 4 is 101 Å². The van der Waals surface area contributed by atoms with Crippen LogP contribution in [-0.4, -0.2) is 123 Å². The summed E-state index contributed by atoms with van der Waals surface area (Å²) in [6, 6.07) is 45.2. The van der Waals surface area contributed by atoms with Gasteiger partial charge in [0.1, 0.15) is 0 Å². The van der Waals surface area contributed by atoms with Gasteiger partial charge in [-0.05, 0) is 158 Å². The Kier molecular flexibility index (Phi) is 27.4. The van der Waals surface area contributed by atoms with E-state index < -0.39 is 16.0 Å². The average molecular weight is 1260 g/mol. The first-order chi connectivity index (χ1) is 42.6. The minimum Gasteiger partial charge on any atom is -0.378 e. The van der Waals surface area contributed by atoms with Gasteiger partial charge in [0.05, 0.1) is 22.7 Å². The molecule has 7 heterocycles. The minimum absolute atomic E-state index is 0.0635. The second kappa shape index (κ2) is 35.5. The number of azo groups is 1. The van der Waals surface area contributed by atoms with Crippen molar-refractivity contribution in [1.29, 1.82) is 0 Å². The number of carbonyl (C=O) groups excluding carboxylic acids is 5. The van der Waals surface area contributed by atoms with E-state index in [0.717, 1.165) is 45.0 Å². The average Bonchev–Trinajstić information content (AvgIpc) is 3.00. The highest BCUT2D eigenvalue weighted by atomic mass is 33.1. The fourth-order valence-corrected chi connectivity index (χ4v) is 12.7. The largest absolute Gasteiger partial charge is 0.378 e. The van der Waals surface area contributed by atoms with Crippen molar-refractivity contribution < 1.29 is 37.2 Å². The van der Waals surface area contributed by atoms with Gasteiger partial charge in [0.15, 0.2) is 0 Å². The van der Waals surface area contributed by atoms with E-state index in [1.54, 1.807) is 31.7 Å². The molecule has 8 bridgehead atoms. The molecule has 0 unspecified atom stereocenters. The second-order valence-corrected chi connectivity index (χ2v) is 25.7. The van der Waals surface area contributed by atoms with E-state index in [4.69, 9.17) is 22.0 Å². The predicted octanol–water partition coefficient (Wildman–Crippen LogP) is 9.19. The Morgan fingerprint density at radius 1 is 0.477 bits per heavy atom. The van der Waals surface area contributed by atoms with Gasteiger partial charge in [-0.1, -0.05) is 70.1 Å². The number of anilines is 5. The smallest absolute Gasteiger partial charge is 0.325 e. The standard InChI is InChI=1S/C65H82N12O8S3/c1-73(2)55-27-15-53(16-28-55)71-72-54-17-29-60(30-18-54)88(83,84)70-40-46-87-86-45-39-69-85-65(82)32-31-61(78)74-41-3-4-42-75(62(79)33-36-66)57-21-11-51(12-22-57)48-52-13-25-59(26-14-52)77(64(81)35-38-68)44-6-5-43-76(63(80)34-37-67)58-23-9-50(10-24-58)47-49-7-19-56(74)20-8-49/h7-30,69-70H,3-6,31-48,66-68H2,1-2H3. The maximum Gasteiger partial charge on any atom is 0.325 e. The number of sulfonamides is 1. The molecule has 7 aliphatic rings. The topological polar surface area (TPSA) is 272 Å². The summed E-state index contributed by atoms with van der Waals surface area (Å²) < 4.78 is 28.5. The van der Waals surface area contributed by atoms with Crippen LogP contribution in [-0.2, 0) is 51.7 Å². The first-order valence-electron chi connectivity index (χ1n) is 29.8. The lowest BCUT2D eigenvalue weighted by molar-refractivity contribution is -0.151. The van der Waals surface area contributed by atoms with Gasteiger partial charge >= 0.3 is 5.97 Å². The quantitative estimate of drug-likeness (QED) is 0.0183. The molecule has 468 valence electrons. The molecule has 0 saturated carbocycles. The highest BCUT2D eigenvalue weighted by Crippen LogP contribution is 2.28. The molecule has 6 aromatic rings. The molecule has 23 heteroatoms. The van der Waals surface area contributed by atoms with E-state index in [1.165, 1.54) is 33.7 Å². The Morgan fingerprint density at radius 3 is 1.17 bits per heavy atom. The summed E-state index contributed by atoms with van der Waals surface area (Å²) >= 11 is 0. The number of hydrogen-bond donors (Lipinski definition) is 5. The van der Waals surface area contributed by atoms with Crippen LogP contribution in [0.15, 0.2) is 161 Å². The summed E-state index contributed by atoms with van der Waals surface area (Å²) in [7, 11) is 3.14. The Bertz CT molecular complexity index is 3320. The first-order valence-corrected chi connectivity index (χ1v) is 33.7. The first kappa shape index (κ1) is 68.0. The summed E-state index contributed by atoms with van der Waals surface area (Å²) in [4.78, 5) is 81.8. The van der Waals surface area contributed by atoms with Gasteiger partial charge in [-0.25, -0.2) is 13.1 Å². The molecule has 20 nitrogen and oxygen atoms in total. The fourth-order valence-electron chi connectivity index (χ4n) is 9.75. The van der Waals surface area contributed by atoms with Gasteiger partial charge in [0, 0.05) is 139 Å². The second-order valence-electron chi connectivity index (χ2n) is 21.2. The van der Waals surface area contributed by atoms with Gasteiger partial charge < -0.3 is 46.5 Å². The van der Waals surface area contributed by atoms with Crippen molar-refractivity contribution in [2.45, 2.75) is 75.5 Å². The van der Waals surface area contributed by atoms with Gasteiger partial charge in [0.25, 0.3) is 0 Å². The predicted molar refractivity (Wildman–Crippen MR) is 355 cm³/mol. The molecule has 0 fully saturated rings. The molecule has 0 aromatic heterocycles. The van der Waals surface area contributed by atoms with Gasteiger partial charge in [0.2, 0.25) is 33.7 Å². The maximum absolute atomic E-state index is 14.1. The molecule has 0 spiro atoms. The van der Waals surface area contributed by atoms with Crippen molar-refractivity contribution in [3.63, 3.8) is 0 Å². The Hall–Kier alpha value is -7.48. The zero-order valence-electron chi connectivity index (χ0n) is 50.3.